The Hall–Kier alpha value is -1.67. The summed E-state index contributed by atoms with van der Waals surface area (Å²) in [6.07, 6.45) is 1.44. The molecule has 1 aromatic carbocycles. The average Bonchev–Trinajstić information content (AvgIpc) is 2.35. The lowest BCUT2D eigenvalue weighted by Crippen LogP contribution is -2.28. The summed E-state index contributed by atoms with van der Waals surface area (Å²) >= 11 is 0. The predicted octanol–water partition coefficient (Wildman–Crippen LogP) is 2.43. The van der Waals surface area contributed by atoms with E-state index in [0.29, 0.717) is 13.2 Å². The molecule has 17 heavy (non-hydrogen) atoms. The fourth-order valence-corrected chi connectivity index (χ4v) is 1.82. The van der Waals surface area contributed by atoms with Gasteiger partial charge >= 0.3 is 0 Å². The van der Waals surface area contributed by atoms with Crippen LogP contribution in [-0.4, -0.2) is 19.3 Å². The van der Waals surface area contributed by atoms with Gasteiger partial charge in [-0.2, -0.15) is 5.26 Å². The van der Waals surface area contributed by atoms with Crippen LogP contribution in [0.5, 0.6) is 0 Å². The second kappa shape index (κ2) is 5.11. The number of nitrogens with one attached hydrogen (secondary N) is 1. The maximum atomic E-state index is 13.6. The highest BCUT2D eigenvalue weighted by Gasteiger charge is 2.18. The maximum absolute atomic E-state index is 13.6. The van der Waals surface area contributed by atoms with E-state index in [1.54, 1.807) is 6.07 Å². The molecule has 1 saturated heterocycles. The van der Waals surface area contributed by atoms with E-state index in [1.165, 1.54) is 0 Å². The van der Waals surface area contributed by atoms with Gasteiger partial charge in [0.1, 0.15) is 5.69 Å². The number of ether oxygens (including phenoxy) is 1. The first-order valence-electron chi connectivity index (χ1n) is 5.44. The summed E-state index contributed by atoms with van der Waals surface area (Å²) in [5, 5.41) is 11.4. The molecular formula is C12H12F2N2O. The minimum atomic E-state index is -0.729. The van der Waals surface area contributed by atoms with Crippen LogP contribution in [0.4, 0.5) is 14.5 Å². The van der Waals surface area contributed by atoms with Gasteiger partial charge in [-0.15, -0.1) is 0 Å². The third kappa shape index (κ3) is 2.71. The van der Waals surface area contributed by atoms with Crippen molar-refractivity contribution < 1.29 is 13.5 Å². The Bertz CT molecular complexity index is 427. The highest BCUT2D eigenvalue weighted by Crippen LogP contribution is 2.23. The number of hydrogen-bond donors (Lipinski definition) is 1. The zero-order chi connectivity index (χ0) is 12.3. The summed E-state index contributed by atoms with van der Waals surface area (Å²) < 4.78 is 32.3. The molecule has 0 bridgehead atoms. The van der Waals surface area contributed by atoms with Gasteiger partial charge in [0.25, 0.3) is 0 Å². The number of benzene rings is 1. The lowest BCUT2D eigenvalue weighted by molar-refractivity contribution is 0.0903. The van der Waals surface area contributed by atoms with Crippen molar-refractivity contribution in [3.8, 4) is 6.07 Å². The fourth-order valence-electron chi connectivity index (χ4n) is 1.82. The Balaban J connectivity index is 2.18. The molecule has 0 radical (unpaired) electrons. The molecule has 90 valence electrons. The predicted molar refractivity (Wildman–Crippen MR) is 58.5 cm³/mol. The van der Waals surface area contributed by atoms with E-state index < -0.39 is 11.6 Å². The van der Waals surface area contributed by atoms with Crippen LogP contribution in [0, 0.1) is 23.0 Å². The van der Waals surface area contributed by atoms with E-state index in [9.17, 15) is 8.78 Å². The van der Waals surface area contributed by atoms with Crippen molar-refractivity contribution in [2.45, 2.75) is 18.9 Å². The summed E-state index contributed by atoms with van der Waals surface area (Å²) in [6, 6.07) is 3.79. The summed E-state index contributed by atoms with van der Waals surface area (Å²) in [5.41, 5.74) is -0.173. The van der Waals surface area contributed by atoms with Crippen LogP contribution in [0.15, 0.2) is 12.1 Å². The Kier molecular flexibility index (Phi) is 3.55. The van der Waals surface area contributed by atoms with Crippen LogP contribution in [-0.2, 0) is 4.74 Å². The molecule has 5 heteroatoms. The van der Waals surface area contributed by atoms with Crippen molar-refractivity contribution in [1.82, 2.24) is 0 Å². The summed E-state index contributed by atoms with van der Waals surface area (Å²) in [6.45, 7) is 1.19. The molecule has 3 nitrogen and oxygen atoms in total. The number of anilines is 1. The Morgan fingerprint density at radius 1 is 1.24 bits per heavy atom. The van der Waals surface area contributed by atoms with E-state index in [0.717, 1.165) is 25.0 Å². The fraction of sp³-hybridized carbons (Fsp3) is 0.417. The normalized spacial score (nSPS) is 16.5. The quantitative estimate of drug-likeness (QED) is 0.860. The molecule has 0 unspecified atom stereocenters. The smallest absolute Gasteiger partial charge is 0.150 e. The second-order valence-corrected chi connectivity index (χ2v) is 3.96. The summed E-state index contributed by atoms with van der Waals surface area (Å²) in [7, 11) is 0. The lowest BCUT2D eigenvalue weighted by Gasteiger charge is -2.24. The molecule has 1 fully saturated rings. The maximum Gasteiger partial charge on any atom is 0.150 e. The number of hydrogen-bond acceptors (Lipinski definition) is 3. The first-order chi connectivity index (χ1) is 8.20. The number of rotatable bonds is 2. The van der Waals surface area contributed by atoms with Gasteiger partial charge in [0.05, 0.1) is 11.6 Å². The van der Waals surface area contributed by atoms with Crippen molar-refractivity contribution in [2.24, 2.45) is 0 Å². The van der Waals surface area contributed by atoms with Gasteiger partial charge in [-0.1, -0.05) is 0 Å². The number of nitriles is 1. The Morgan fingerprint density at radius 3 is 2.35 bits per heavy atom. The monoisotopic (exact) mass is 238 g/mol. The van der Waals surface area contributed by atoms with Gasteiger partial charge in [-0.3, -0.25) is 0 Å². The molecule has 2 rings (SSSR count). The molecule has 1 N–H and O–H groups in total. The van der Waals surface area contributed by atoms with Crippen molar-refractivity contribution in [3.63, 3.8) is 0 Å². The number of nitrogens with zero attached hydrogens (tertiary/aromatic N) is 1. The second-order valence-electron chi connectivity index (χ2n) is 3.96. The van der Waals surface area contributed by atoms with E-state index in [4.69, 9.17) is 10.00 Å². The molecule has 0 aliphatic carbocycles. The van der Waals surface area contributed by atoms with Crippen LogP contribution in [0.2, 0.25) is 0 Å². The van der Waals surface area contributed by atoms with Crippen LogP contribution >= 0.6 is 0 Å². The van der Waals surface area contributed by atoms with E-state index in [2.05, 4.69) is 5.32 Å². The summed E-state index contributed by atoms with van der Waals surface area (Å²) in [5.74, 6) is -1.46. The zero-order valence-corrected chi connectivity index (χ0v) is 9.17. The minimum Gasteiger partial charge on any atom is -0.381 e. The first kappa shape index (κ1) is 11.8. The largest absolute Gasteiger partial charge is 0.381 e. The van der Waals surface area contributed by atoms with Crippen molar-refractivity contribution >= 4 is 5.69 Å². The van der Waals surface area contributed by atoms with E-state index in [1.807, 2.05) is 0 Å². The third-order valence-corrected chi connectivity index (χ3v) is 2.74. The number of halogens is 2. The van der Waals surface area contributed by atoms with Crippen LogP contribution in [0.3, 0.4) is 0 Å². The van der Waals surface area contributed by atoms with Gasteiger partial charge in [0, 0.05) is 19.3 Å². The van der Waals surface area contributed by atoms with Gasteiger partial charge in [0.15, 0.2) is 11.6 Å². The molecule has 1 aliphatic rings. The SMILES string of the molecule is N#Cc1cc(F)c(NC2CCOCC2)c(F)c1. The molecule has 0 spiro atoms. The first-order valence-corrected chi connectivity index (χ1v) is 5.44. The Morgan fingerprint density at radius 2 is 1.82 bits per heavy atom. The van der Waals surface area contributed by atoms with Crippen LogP contribution in [0.1, 0.15) is 18.4 Å². The van der Waals surface area contributed by atoms with E-state index >= 15 is 0 Å². The summed E-state index contributed by atoms with van der Waals surface area (Å²) in [4.78, 5) is 0. The lowest BCUT2D eigenvalue weighted by atomic mass is 10.1. The minimum absolute atomic E-state index is 0.0145. The van der Waals surface area contributed by atoms with Crippen LogP contribution < -0.4 is 5.32 Å². The van der Waals surface area contributed by atoms with Gasteiger partial charge in [0.2, 0.25) is 0 Å². The highest BCUT2D eigenvalue weighted by molar-refractivity contribution is 5.51. The third-order valence-electron chi connectivity index (χ3n) is 2.74. The van der Waals surface area contributed by atoms with Crippen molar-refractivity contribution in [2.75, 3.05) is 18.5 Å². The van der Waals surface area contributed by atoms with Crippen molar-refractivity contribution in [3.05, 3.63) is 29.3 Å². The van der Waals surface area contributed by atoms with E-state index in [-0.39, 0.29) is 17.3 Å². The Labute approximate surface area is 98.0 Å². The van der Waals surface area contributed by atoms with Crippen LogP contribution in [0.25, 0.3) is 0 Å². The average molecular weight is 238 g/mol. The molecule has 1 aromatic rings. The van der Waals surface area contributed by atoms with Gasteiger partial charge < -0.3 is 10.1 Å². The van der Waals surface area contributed by atoms with Gasteiger partial charge in [-0.05, 0) is 25.0 Å². The zero-order valence-electron chi connectivity index (χ0n) is 9.17. The molecule has 0 saturated carbocycles. The molecule has 0 atom stereocenters. The topological polar surface area (TPSA) is 45.0 Å². The molecular weight excluding hydrogens is 226 g/mol. The van der Waals surface area contributed by atoms with Crippen molar-refractivity contribution in [1.29, 1.82) is 5.26 Å². The standard InChI is InChI=1S/C12H12F2N2O/c13-10-5-8(7-15)6-11(14)12(10)16-9-1-3-17-4-2-9/h5-6,9,16H,1-4H2. The molecule has 1 heterocycles. The molecule has 0 aromatic heterocycles. The molecule has 0 amide bonds. The van der Waals surface area contributed by atoms with Gasteiger partial charge in [-0.25, -0.2) is 8.78 Å². The molecule has 1 aliphatic heterocycles. The highest BCUT2D eigenvalue weighted by atomic mass is 19.1.